The van der Waals surface area contributed by atoms with E-state index >= 15 is 0 Å². The maximum absolute atomic E-state index is 11.5. The summed E-state index contributed by atoms with van der Waals surface area (Å²) in [5, 5.41) is 1.09. The summed E-state index contributed by atoms with van der Waals surface area (Å²) in [7, 11) is 1.40. The number of carbonyl (C=O) groups is 1. The Hall–Kier alpha value is -2.10. The number of carbonyl (C=O) groups excluding carboxylic acids is 1. The maximum Gasteiger partial charge on any atom is 0.325 e. The number of hydrogen-bond acceptors (Lipinski definition) is 4. The summed E-state index contributed by atoms with van der Waals surface area (Å²) in [6.07, 6.45) is 0. The monoisotopic (exact) mass is 258 g/mol. The van der Waals surface area contributed by atoms with Crippen LogP contribution in [0.1, 0.15) is 13.8 Å². The van der Waals surface area contributed by atoms with Crippen molar-refractivity contribution in [2.45, 2.75) is 19.9 Å². The number of ether oxygens (including phenoxy) is 1. The van der Waals surface area contributed by atoms with E-state index in [0.29, 0.717) is 0 Å². The fraction of sp³-hybridized carbons (Fsp3) is 0.333. The van der Waals surface area contributed by atoms with Crippen LogP contribution in [0.2, 0.25) is 0 Å². The third-order valence-electron chi connectivity index (χ3n) is 3.03. The van der Waals surface area contributed by atoms with E-state index in [-0.39, 0.29) is 18.6 Å². The normalized spacial score (nSPS) is 10.7. The molecule has 2 rings (SSSR count). The van der Waals surface area contributed by atoms with Crippen LogP contribution in [0.25, 0.3) is 10.9 Å². The number of para-hydroxylation sites is 1. The van der Waals surface area contributed by atoms with Crippen LogP contribution in [0.15, 0.2) is 36.4 Å². The Morgan fingerprint density at radius 3 is 2.68 bits per heavy atom. The molecule has 0 atom stereocenters. The number of benzene rings is 1. The van der Waals surface area contributed by atoms with Gasteiger partial charge in [-0.3, -0.25) is 4.79 Å². The summed E-state index contributed by atoms with van der Waals surface area (Å²) in [5.41, 5.74) is 0.926. The van der Waals surface area contributed by atoms with E-state index in [1.807, 2.05) is 55.1 Å². The van der Waals surface area contributed by atoms with Crippen molar-refractivity contribution >= 4 is 22.7 Å². The topological polar surface area (TPSA) is 42.4 Å². The second-order valence-electron chi connectivity index (χ2n) is 4.66. The molecule has 0 bridgehead atoms. The average Bonchev–Trinajstić information content (AvgIpc) is 2.43. The highest BCUT2D eigenvalue weighted by Gasteiger charge is 2.16. The minimum atomic E-state index is -0.261. The number of esters is 1. The number of nitrogens with zero attached hydrogens (tertiary/aromatic N) is 2. The molecule has 1 aromatic heterocycles. The van der Waals surface area contributed by atoms with Crippen molar-refractivity contribution in [3.05, 3.63) is 36.4 Å². The fourth-order valence-corrected chi connectivity index (χ4v) is 1.95. The first-order valence-corrected chi connectivity index (χ1v) is 6.31. The molecule has 0 aliphatic carbocycles. The van der Waals surface area contributed by atoms with E-state index in [2.05, 4.69) is 4.98 Å². The smallest absolute Gasteiger partial charge is 0.325 e. The van der Waals surface area contributed by atoms with Gasteiger partial charge < -0.3 is 9.64 Å². The molecule has 4 nitrogen and oxygen atoms in total. The van der Waals surface area contributed by atoms with Gasteiger partial charge in [0.25, 0.3) is 0 Å². The van der Waals surface area contributed by atoms with Crippen molar-refractivity contribution in [2.75, 3.05) is 18.6 Å². The molecular formula is C15H18N2O2. The van der Waals surface area contributed by atoms with Crippen LogP contribution in [0.3, 0.4) is 0 Å². The molecule has 0 aliphatic heterocycles. The van der Waals surface area contributed by atoms with Crippen LogP contribution in [0.4, 0.5) is 5.82 Å². The van der Waals surface area contributed by atoms with Crippen LogP contribution in [-0.2, 0) is 9.53 Å². The van der Waals surface area contributed by atoms with Gasteiger partial charge in [-0.15, -0.1) is 0 Å². The lowest BCUT2D eigenvalue weighted by molar-refractivity contribution is -0.139. The van der Waals surface area contributed by atoms with Gasteiger partial charge >= 0.3 is 5.97 Å². The number of pyridine rings is 1. The summed E-state index contributed by atoms with van der Waals surface area (Å²) < 4.78 is 4.73. The van der Waals surface area contributed by atoms with Gasteiger partial charge in [0.15, 0.2) is 0 Å². The molecule has 0 amide bonds. The Morgan fingerprint density at radius 1 is 1.26 bits per heavy atom. The van der Waals surface area contributed by atoms with E-state index < -0.39 is 0 Å². The minimum Gasteiger partial charge on any atom is -0.468 e. The lowest BCUT2D eigenvalue weighted by atomic mass is 10.2. The summed E-state index contributed by atoms with van der Waals surface area (Å²) in [6.45, 7) is 4.26. The van der Waals surface area contributed by atoms with Gasteiger partial charge in [0.05, 0.1) is 12.6 Å². The fourth-order valence-electron chi connectivity index (χ4n) is 1.95. The van der Waals surface area contributed by atoms with E-state index in [4.69, 9.17) is 4.74 Å². The van der Waals surface area contributed by atoms with Crippen molar-refractivity contribution in [3.63, 3.8) is 0 Å². The van der Waals surface area contributed by atoms with Crippen LogP contribution in [-0.4, -0.2) is 30.6 Å². The van der Waals surface area contributed by atoms with Crippen LogP contribution < -0.4 is 4.90 Å². The molecule has 1 aromatic carbocycles. The van der Waals surface area contributed by atoms with Crippen molar-refractivity contribution in [1.29, 1.82) is 0 Å². The van der Waals surface area contributed by atoms with Gasteiger partial charge in [-0.25, -0.2) is 4.98 Å². The van der Waals surface area contributed by atoms with Crippen LogP contribution in [0.5, 0.6) is 0 Å². The second kappa shape index (κ2) is 5.69. The van der Waals surface area contributed by atoms with E-state index in [1.165, 1.54) is 7.11 Å². The lowest BCUT2D eigenvalue weighted by Crippen LogP contribution is -2.36. The third-order valence-corrected chi connectivity index (χ3v) is 3.03. The Labute approximate surface area is 113 Å². The van der Waals surface area contributed by atoms with Gasteiger partial charge in [0.1, 0.15) is 12.4 Å². The molecule has 0 radical (unpaired) electrons. The van der Waals surface area contributed by atoms with Crippen molar-refractivity contribution in [1.82, 2.24) is 4.98 Å². The molecule has 4 heteroatoms. The van der Waals surface area contributed by atoms with Crippen molar-refractivity contribution in [3.8, 4) is 0 Å². The van der Waals surface area contributed by atoms with E-state index in [9.17, 15) is 4.79 Å². The molecule has 0 aliphatic rings. The zero-order chi connectivity index (χ0) is 13.8. The number of anilines is 1. The molecule has 0 saturated carbocycles. The van der Waals surface area contributed by atoms with E-state index in [1.54, 1.807) is 0 Å². The Bertz CT molecular complexity index is 581. The predicted molar refractivity (Wildman–Crippen MR) is 76.2 cm³/mol. The molecule has 19 heavy (non-hydrogen) atoms. The first kappa shape index (κ1) is 13.3. The first-order chi connectivity index (χ1) is 9.11. The third kappa shape index (κ3) is 3.02. The average molecular weight is 258 g/mol. The minimum absolute atomic E-state index is 0.174. The SMILES string of the molecule is COC(=O)CN(c1ccc2ccccc2n1)C(C)C. The highest BCUT2D eigenvalue weighted by molar-refractivity contribution is 5.81. The molecule has 0 N–H and O–H groups in total. The highest BCUT2D eigenvalue weighted by atomic mass is 16.5. The van der Waals surface area contributed by atoms with Gasteiger partial charge in [-0.1, -0.05) is 18.2 Å². The molecule has 0 unspecified atom stereocenters. The lowest BCUT2D eigenvalue weighted by Gasteiger charge is -2.26. The number of methoxy groups -OCH3 is 1. The Morgan fingerprint density at radius 2 is 2.00 bits per heavy atom. The van der Waals surface area contributed by atoms with E-state index in [0.717, 1.165) is 16.7 Å². The molecule has 0 fully saturated rings. The standard InChI is InChI=1S/C15H18N2O2/c1-11(2)17(10-15(18)19-3)14-9-8-12-6-4-5-7-13(12)16-14/h4-9,11H,10H2,1-3H3. The zero-order valence-corrected chi connectivity index (χ0v) is 11.5. The zero-order valence-electron chi connectivity index (χ0n) is 11.5. The summed E-state index contributed by atoms with van der Waals surface area (Å²) in [4.78, 5) is 18.0. The van der Waals surface area contributed by atoms with Crippen LogP contribution in [0, 0.1) is 0 Å². The predicted octanol–water partition coefficient (Wildman–Crippen LogP) is 2.62. The molecule has 2 aromatic rings. The van der Waals surface area contributed by atoms with Crippen LogP contribution >= 0.6 is 0 Å². The quantitative estimate of drug-likeness (QED) is 0.791. The number of hydrogen-bond donors (Lipinski definition) is 0. The largest absolute Gasteiger partial charge is 0.468 e. The highest BCUT2D eigenvalue weighted by Crippen LogP contribution is 2.19. The summed E-state index contributed by atoms with van der Waals surface area (Å²) >= 11 is 0. The number of fused-ring (bicyclic) bond motifs is 1. The Balaban J connectivity index is 2.36. The summed E-state index contributed by atoms with van der Waals surface area (Å²) in [5.74, 6) is 0.530. The number of aromatic nitrogens is 1. The Kier molecular flexibility index (Phi) is 4.00. The maximum atomic E-state index is 11.5. The molecule has 0 spiro atoms. The van der Waals surface area contributed by atoms with Gasteiger partial charge in [-0.2, -0.15) is 0 Å². The van der Waals surface area contributed by atoms with Crippen molar-refractivity contribution in [2.24, 2.45) is 0 Å². The molecule has 0 saturated heterocycles. The second-order valence-corrected chi connectivity index (χ2v) is 4.66. The molecule has 1 heterocycles. The number of rotatable bonds is 4. The van der Waals surface area contributed by atoms with Gasteiger partial charge in [0.2, 0.25) is 0 Å². The summed E-state index contributed by atoms with van der Waals surface area (Å²) in [6, 6.07) is 12.1. The van der Waals surface area contributed by atoms with Gasteiger partial charge in [0, 0.05) is 11.4 Å². The van der Waals surface area contributed by atoms with Gasteiger partial charge in [-0.05, 0) is 32.0 Å². The first-order valence-electron chi connectivity index (χ1n) is 6.31. The molecule has 100 valence electrons. The molecular weight excluding hydrogens is 240 g/mol. The van der Waals surface area contributed by atoms with Crippen molar-refractivity contribution < 1.29 is 9.53 Å².